The maximum atomic E-state index is 12.5. The van der Waals surface area contributed by atoms with E-state index in [1.54, 1.807) is 30.3 Å². The maximum Gasteiger partial charge on any atom is 0.257 e. The molecule has 0 fully saturated rings. The van der Waals surface area contributed by atoms with Crippen molar-refractivity contribution in [3.05, 3.63) is 57.6 Å². The van der Waals surface area contributed by atoms with Gasteiger partial charge in [-0.1, -0.05) is 52.4 Å². The molecule has 1 N–H and O–H groups in total. The number of rotatable bonds is 7. The quantitative estimate of drug-likeness (QED) is 0.379. The van der Waals surface area contributed by atoms with E-state index in [2.05, 4.69) is 15.5 Å². The summed E-state index contributed by atoms with van der Waals surface area (Å²) in [6.07, 6.45) is 0. The Balaban J connectivity index is 1.65. The van der Waals surface area contributed by atoms with Gasteiger partial charge in [-0.15, -0.1) is 10.2 Å². The number of nitrogens with one attached hydrogen (secondary N) is 1. The number of hydrogen-bond donors (Lipinski definition) is 1. The van der Waals surface area contributed by atoms with Crippen molar-refractivity contribution in [1.29, 1.82) is 0 Å². The molecule has 10 heteroatoms. The van der Waals surface area contributed by atoms with E-state index in [1.807, 2.05) is 6.07 Å². The van der Waals surface area contributed by atoms with E-state index in [0.29, 0.717) is 42.3 Å². The summed E-state index contributed by atoms with van der Waals surface area (Å²) in [5.41, 5.74) is 1.34. The van der Waals surface area contributed by atoms with Crippen molar-refractivity contribution in [2.24, 2.45) is 0 Å². The molecule has 3 aromatic rings. The Morgan fingerprint density at radius 3 is 2.46 bits per heavy atom. The van der Waals surface area contributed by atoms with Gasteiger partial charge in [0, 0.05) is 27.4 Å². The molecule has 1 amide bonds. The third-order valence-corrected chi connectivity index (χ3v) is 6.21. The number of amides is 1. The second-order valence-corrected chi connectivity index (χ2v) is 8.50. The number of halogens is 2. The number of nitrogens with zero attached hydrogens (tertiary/aromatic N) is 2. The highest BCUT2D eigenvalue weighted by Crippen LogP contribution is 2.32. The zero-order valence-electron chi connectivity index (χ0n) is 14.9. The smallest absolute Gasteiger partial charge is 0.257 e. The van der Waals surface area contributed by atoms with Gasteiger partial charge in [-0.3, -0.25) is 10.1 Å². The van der Waals surface area contributed by atoms with Gasteiger partial charge in [-0.2, -0.15) is 0 Å². The van der Waals surface area contributed by atoms with E-state index >= 15 is 0 Å². The molecule has 0 aliphatic carbocycles. The molecule has 1 aromatic heterocycles. The first-order chi connectivity index (χ1) is 13.5. The molecular formula is C18H15Cl2N3O3S2. The molecule has 0 unspecified atom stereocenters. The van der Waals surface area contributed by atoms with Gasteiger partial charge in [0.15, 0.2) is 4.34 Å². The Morgan fingerprint density at radius 1 is 1.11 bits per heavy atom. The molecule has 0 aliphatic heterocycles. The highest BCUT2D eigenvalue weighted by atomic mass is 35.5. The first-order valence-corrected chi connectivity index (χ1v) is 10.5. The molecule has 0 aliphatic rings. The number of methoxy groups -OCH3 is 2. The van der Waals surface area contributed by atoms with Crippen molar-refractivity contribution < 1.29 is 14.3 Å². The van der Waals surface area contributed by atoms with Gasteiger partial charge in [0.25, 0.3) is 5.91 Å². The third kappa shape index (κ3) is 5.29. The molecule has 0 atom stereocenters. The average molecular weight is 456 g/mol. The molecule has 0 spiro atoms. The third-order valence-electron chi connectivity index (χ3n) is 3.61. The molecule has 2 aromatic carbocycles. The second kappa shape index (κ2) is 9.47. The first kappa shape index (κ1) is 20.7. The average Bonchev–Trinajstić information content (AvgIpc) is 3.14. The number of benzene rings is 2. The molecule has 6 nitrogen and oxygen atoms in total. The van der Waals surface area contributed by atoms with Crippen LogP contribution < -0.4 is 14.8 Å². The van der Waals surface area contributed by atoms with E-state index in [0.717, 1.165) is 5.56 Å². The zero-order valence-corrected chi connectivity index (χ0v) is 18.0. The van der Waals surface area contributed by atoms with Crippen molar-refractivity contribution in [1.82, 2.24) is 10.2 Å². The van der Waals surface area contributed by atoms with Crippen LogP contribution in [0.2, 0.25) is 10.0 Å². The number of ether oxygens (including phenoxy) is 2. The predicted octanol–water partition coefficient (Wildman–Crippen LogP) is 5.41. The highest BCUT2D eigenvalue weighted by molar-refractivity contribution is 8.00. The Labute approximate surface area is 180 Å². The summed E-state index contributed by atoms with van der Waals surface area (Å²) in [4.78, 5) is 12.5. The number of carbonyl (C=O) groups excluding carboxylic acids is 1. The van der Waals surface area contributed by atoms with Crippen LogP contribution in [-0.2, 0) is 5.75 Å². The Hall–Kier alpha value is -2.00. The normalized spacial score (nSPS) is 10.6. The molecule has 146 valence electrons. The summed E-state index contributed by atoms with van der Waals surface area (Å²) in [6.45, 7) is 0. The topological polar surface area (TPSA) is 73.3 Å². The summed E-state index contributed by atoms with van der Waals surface area (Å²) in [7, 11) is 3.05. The van der Waals surface area contributed by atoms with Crippen LogP contribution in [0, 0.1) is 0 Å². The van der Waals surface area contributed by atoms with Crippen molar-refractivity contribution in [3.63, 3.8) is 0 Å². The number of hydrogen-bond acceptors (Lipinski definition) is 7. The van der Waals surface area contributed by atoms with Crippen LogP contribution in [0.3, 0.4) is 0 Å². The Kier molecular flexibility index (Phi) is 7.01. The van der Waals surface area contributed by atoms with Crippen LogP contribution in [-0.4, -0.2) is 30.3 Å². The summed E-state index contributed by atoms with van der Waals surface area (Å²) in [5.74, 6) is 1.34. The molecule has 28 heavy (non-hydrogen) atoms. The van der Waals surface area contributed by atoms with E-state index in [9.17, 15) is 4.79 Å². The molecule has 0 bridgehead atoms. The van der Waals surface area contributed by atoms with Crippen LogP contribution in [0.4, 0.5) is 5.13 Å². The number of anilines is 1. The molecular weight excluding hydrogens is 441 g/mol. The van der Waals surface area contributed by atoms with Crippen molar-refractivity contribution >= 4 is 57.3 Å². The summed E-state index contributed by atoms with van der Waals surface area (Å²) in [5, 5.41) is 12.4. The van der Waals surface area contributed by atoms with Crippen LogP contribution in [0.5, 0.6) is 11.5 Å². The lowest BCUT2D eigenvalue weighted by Gasteiger charge is -2.07. The van der Waals surface area contributed by atoms with Gasteiger partial charge >= 0.3 is 0 Å². The minimum absolute atomic E-state index is 0.328. The number of aromatic nitrogens is 2. The Morgan fingerprint density at radius 2 is 1.82 bits per heavy atom. The van der Waals surface area contributed by atoms with Gasteiger partial charge in [-0.05, 0) is 29.8 Å². The fraction of sp³-hybridized carbons (Fsp3) is 0.167. The lowest BCUT2D eigenvalue weighted by molar-refractivity contribution is 0.102. The number of thioether (sulfide) groups is 1. The lowest BCUT2D eigenvalue weighted by atomic mass is 10.2. The van der Waals surface area contributed by atoms with E-state index in [-0.39, 0.29) is 5.91 Å². The monoisotopic (exact) mass is 455 g/mol. The van der Waals surface area contributed by atoms with Crippen molar-refractivity contribution in [3.8, 4) is 11.5 Å². The van der Waals surface area contributed by atoms with Crippen molar-refractivity contribution in [2.75, 3.05) is 19.5 Å². The van der Waals surface area contributed by atoms with E-state index in [4.69, 9.17) is 32.7 Å². The van der Waals surface area contributed by atoms with Gasteiger partial charge in [0.05, 0.1) is 14.2 Å². The Bertz CT molecular complexity index is 976. The fourth-order valence-electron chi connectivity index (χ4n) is 2.20. The van der Waals surface area contributed by atoms with Gasteiger partial charge < -0.3 is 9.47 Å². The summed E-state index contributed by atoms with van der Waals surface area (Å²) < 4.78 is 11.1. The molecule has 0 saturated heterocycles. The highest BCUT2D eigenvalue weighted by Gasteiger charge is 2.14. The standard InChI is InChI=1S/C18H15Cl2N3O3S2/c1-25-13-5-11(6-14(8-13)26-2)16(24)21-17-22-23-18(28-17)27-9-10-3-4-12(19)7-15(10)20/h3-8H,9H2,1-2H3,(H,21,22,24). The van der Waals surface area contributed by atoms with Gasteiger partial charge in [0.1, 0.15) is 11.5 Å². The zero-order chi connectivity index (χ0) is 20.1. The summed E-state index contributed by atoms with van der Waals surface area (Å²) in [6, 6.07) is 10.3. The first-order valence-electron chi connectivity index (χ1n) is 7.93. The largest absolute Gasteiger partial charge is 0.497 e. The molecule has 0 radical (unpaired) electrons. The van der Waals surface area contributed by atoms with Gasteiger partial charge in [0.2, 0.25) is 5.13 Å². The minimum atomic E-state index is -0.328. The van der Waals surface area contributed by atoms with Gasteiger partial charge in [-0.25, -0.2) is 0 Å². The van der Waals surface area contributed by atoms with Crippen LogP contribution in [0.25, 0.3) is 0 Å². The van der Waals surface area contributed by atoms with Crippen LogP contribution >= 0.6 is 46.3 Å². The fourth-order valence-corrected chi connectivity index (χ4v) is 4.51. The maximum absolute atomic E-state index is 12.5. The molecule has 0 saturated carbocycles. The minimum Gasteiger partial charge on any atom is -0.497 e. The lowest BCUT2D eigenvalue weighted by Crippen LogP contribution is -2.12. The second-order valence-electron chi connectivity index (χ2n) is 5.45. The van der Waals surface area contributed by atoms with Crippen molar-refractivity contribution in [2.45, 2.75) is 10.1 Å². The SMILES string of the molecule is COc1cc(OC)cc(C(=O)Nc2nnc(SCc3ccc(Cl)cc3Cl)s2)c1. The molecule has 1 heterocycles. The molecule has 3 rings (SSSR count). The van der Waals surface area contributed by atoms with Crippen LogP contribution in [0.1, 0.15) is 15.9 Å². The summed E-state index contributed by atoms with van der Waals surface area (Å²) >= 11 is 14.8. The van der Waals surface area contributed by atoms with Crippen LogP contribution in [0.15, 0.2) is 40.7 Å². The van der Waals surface area contributed by atoms with E-state index < -0.39 is 0 Å². The number of carbonyl (C=O) groups is 1. The predicted molar refractivity (Wildman–Crippen MR) is 113 cm³/mol. The van der Waals surface area contributed by atoms with E-state index in [1.165, 1.54) is 37.3 Å².